The SMILES string of the molecule is CC(=O)N1CCC[C@H]1C(=O)N1CCC2NNC(c3ccc(C(F)(F)F)cc3)C2C1. The van der Waals surface area contributed by atoms with E-state index >= 15 is 0 Å². The van der Waals surface area contributed by atoms with E-state index in [9.17, 15) is 22.8 Å². The highest BCUT2D eigenvalue weighted by molar-refractivity contribution is 5.87. The largest absolute Gasteiger partial charge is 0.416 e. The van der Waals surface area contributed by atoms with Crippen LogP contribution in [0.3, 0.4) is 0 Å². The van der Waals surface area contributed by atoms with E-state index in [0.29, 0.717) is 26.1 Å². The van der Waals surface area contributed by atoms with Crippen LogP contribution in [0.1, 0.15) is 43.4 Å². The fourth-order valence-electron chi connectivity index (χ4n) is 4.82. The van der Waals surface area contributed by atoms with Crippen LogP contribution in [0.15, 0.2) is 24.3 Å². The highest BCUT2D eigenvalue weighted by Gasteiger charge is 2.44. The maximum Gasteiger partial charge on any atom is 0.416 e. The van der Waals surface area contributed by atoms with Gasteiger partial charge in [-0.15, -0.1) is 0 Å². The van der Waals surface area contributed by atoms with Crippen molar-refractivity contribution in [2.45, 2.75) is 50.5 Å². The van der Waals surface area contributed by atoms with Gasteiger partial charge in [0.25, 0.3) is 0 Å². The van der Waals surface area contributed by atoms with Gasteiger partial charge in [0.05, 0.1) is 11.6 Å². The minimum absolute atomic E-state index is 0.0192. The van der Waals surface area contributed by atoms with E-state index < -0.39 is 17.8 Å². The molecule has 3 fully saturated rings. The van der Waals surface area contributed by atoms with Gasteiger partial charge < -0.3 is 9.80 Å². The van der Waals surface area contributed by atoms with Crippen LogP contribution in [0.4, 0.5) is 13.2 Å². The molecule has 3 unspecified atom stereocenters. The molecule has 3 aliphatic rings. The number of likely N-dealkylation sites (tertiary alicyclic amines) is 2. The van der Waals surface area contributed by atoms with E-state index in [1.54, 1.807) is 4.90 Å². The predicted octanol–water partition coefficient (Wildman–Crippen LogP) is 2.08. The Bertz CT molecular complexity index is 783. The maximum absolute atomic E-state index is 13.1. The van der Waals surface area contributed by atoms with Gasteiger partial charge in [0.15, 0.2) is 0 Å². The van der Waals surface area contributed by atoms with Crippen LogP contribution in [-0.2, 0) is 15.8 Å². The first-order valence-electron chi connectivity index (χ1n) is 10.00. The summed E-state index contributed by atoms with van der Waals surface area (Å²) >= 11 is 0. The van der Waals surface area contributed by atoms with Gasteiger partial charge in [-0.25, -0.2) is 5.43 Å². The summed E-state index contributed by atoms with van der Waals surface area (Å²) in [4.78, 5) is 28.3. The molecule has 158 valence electrons. The van der Waals surface area contributed by atoms with Crippen molar-refractivity contribution in [1.82, 2.24) is 20.7 Å². The van der Waals surface area contributed by atoms with Crippen molar-refractivity contribution in [3.63, 3.8) is 0 Å². The average molecular weight is 410 g/mol. The number of fused-ring (bicyclic) bond motifs is 1. The molecular formula is C20H25F3N4O2. The number of nitrogens with zero attached hydrogens (tertiary/aromatic N) is 2. The number of alkyl halides is 3. The number of hydrogen-bond acceptors (Lipinski definition) is 4. The number of rotatable bonds is 2. The highest BCUT2D eigenvalue weighted by atomic mass is 19.4. The molecule has 1 aromatic carbocycles. The molecule has 0 aromatic heterocycles. The summed E-state index contributed by atoms with van der Waals surface area (Å²) < 4.78 is 38.5. The van der Waals surface area contributed by atoms with Gasteiger partial charge in [-0.3, -0.25) is 15.0 Å². The normalized spacial score (nSPS) is 29.8. The molecular weight excluding hydrogens is 385 g/mol. The van der Waals surface area contributed by atoms with Gasteiger partial charge in [-0.1, -0.05) is 12.1 Å². The lowest BCUT2D eigenvalue weighted by atomic mass is 9.84. The molecule has 4 atom stereocenters. The van der Waals surface area contributed by atoms with E-state index in [4.69, 9.17) is 0 Å². The number of piperidine rings is 1. The van der Waals surface area contributed by atoms with Gasteiger partial charge in [0.1, 0.15) is 6.04 Å². The van der Waals surface area contributed by atoms with Crippen LogP contribution in [0.25, 0.3) is 0 Å². The number of halogens is 3. The summed E-state index contributed by atoms with van der Waals surface area (Å²) in [5, 5.41) is 0. The third-order valence-electron chi connectivity index (χ3n) is 6.36. The number of hydrogen-bond donors (Lipinski definition) is 2. The molecule has 1 aromatic rings. The van der Waals surface area contributed by atoms with Gasteiger partial charge in [0.2, 0.25) is 11.8 Å². The zero-order valence-corrected chi connectivity index (χ0v) is 16.2. The zero-order chi connectivity index (χ0) is 20.8. The van der Waals surface area contributed by atoms with Crippen LogP contribution < -0.4 is 10.9 Å². The summed E-state index contributed by atoms with van der Waals surface area (Å²) in [6.45, 7) is 3.22. The fourth-order valence-corrected chi connectivity index (χ4v) is 4.82. The van der Waals surface area contributed by atoms with Crippen LogP contribution in [0.5, 0.6) is 0 Å². The van der Waals surface area contributed by atoms with Crippen LogP contribution in [0.2, 0.25) is 0 Å². The topological polar surface area (TPSA) is 64.7 Å². The lowest BCUT2D eigenvalue weighted by Crippen LogP contribution is -2.53. The molecule has 6 nitrogen and oxygen atoms in total. The Morgan fingerprint density at radius 1 is 1.07 bits per heavy atom. The molecule has 2 amide bonds. The Labute approximate surface area is 167 Å². The van der Waals surface area contributed by atoms with Crippen molar-refractivity contribution < 1.29 is 22.8 Å². The Balaban J connectivity index is 1.48. The van der Waals surface area contributed by atoms with E-state index in [2.05, 4.69) is 10.9 Å². The molecule has 0 radical (unpaired) electrons. The Hall–Kier alpha value is -2.13. The van der Waals surface area contributed by atoms with Crippen molar-refractivity contribution in [3.8, 4) is 0 Å². The van der Waals surface area contributed by atoms with E-state index in [1.165, 1.54) is 19.1 Å². The van der Waals surface area contributed by atoms with Crippen molar-refractivity contribution in [2.24, 2.45) is 5.92 Å². The lowest BCUT2D eigenvalue weighted by molar-refractivity contribution is -0.144. The number of amides is 2. The number of nitrogens with one attached hydrogen (secondary N) is 2. The summed E-state index contributed by atoms with van der Waals surface area (Å²) in [6.07, 6.45) is -2.09. The van der Waals surface area contributed by atoms with Crippen molar-refractivity contribution in [2.75, 3.05) is 19.6 Å². The highest BCUT2D eigenvalue weighted by Crippen LogP contribution is 2.36. The molecule has 9 heteroatoms. The van der Waals surface area contributed by atoms with Crippen molar-refractivity contribution in [1.29, 1.82) is 0 Å². The van der Waals surface area contributed by atoms with Crippen molar-refractivity contribution in [3.05, 3.63) is 35.4 Å². The molecule has 3 aliphatic heterocycles. The van der Waals surface area contributed by atoms with Gasteiger partial charge in [-0.05, 0) is 37.0 Å². The fraction of sp³-hybridized carbons (Fsp3) is 0.600. The van der Waals surface area contributed by atoms with Crippen LogP contribution in [-0.4, -0.2) is 53.3 Å². The molecule has 0 spiro atoms. The molecule has 3 heterocycles. The molecule has 29 heavy (non-hydrogen) atoms. The first-order chi connectivity index (χ1) is 13.8. The summed E-state index contributed by atoms with van der Waals surface area (Å²) in [7, 11) is 0. The number of hydrazine groups is 1. The second-order valence-corrected chi connectivity index (χ2v) is 8.10. The van der Waals surface area contributed by atoms with E-state index in [1.807, 2.05) is 4.90 Å². The van der Waals surface area contributed by atoms with Crippen molar-refractivity contribution >= 4 is 11.8 Å². The molecule has 2 N–H and O–H groups in total. The summed E-state index contributed by atoms with van der Waals surface area (Å²) in [5.74, 6) is -0.0478. The molecule has 3 saturated heterocycles. The van der Waals surface area contributed by atoms with Gasteiger partial charge in [0, 0.05) is 38.5 Å². The Morgan fingerprint density at radius 3 is 2.45 bits per heavy atom. The van der Waals surface area contributed by atoms with Crippen LogP contribution >= 0.6 is 0 Å². The third kappa shape index (κ3) is 3.85. The van der Waals surface area contributed by atoms with Gasteiger partial charge >= 0.3 is 6.18 Å². The van der Waals surface area contributed by atoms with Gasteiger partial charge in [-0.2, -0.15) is 13.2 Å². The number of carbonyl (C=O) groups excluding carboxylic acids is 2. The molecule has 0 aliphatic carbocycles. The maximum atomic E-state index is 13.1. The minimum Gasteiger partial charge on any atom is -0.340 e. The quantitative estimate of drug-likeness (QED) is 0.784. The second kappa shape index (κ2) is 7.60. The van der Waals surface area contributed by atoms with E-state index in [-0.39, 0.29) is 29.8 Å². The third-order valence-corrected chi connectivity index (χ3v) is 6.36. The monoisotopic (exact) mass is 410 g/mol. The summed E-state index contributed by atoms with van der Waals surface area (Å²) in [5.41, 5.74) is 6.52. The summed E-state index contributed by atoms with van der Waals surface area (Å²) in [6, 6.07) is 4.78. The zero-order valence-electron chi connectivity index (χ0n) is 16.2. The average Bonchev–Trinajstić information content (AvgIpc) is 3.33. The molecule has 4 rings (SSSR count). The van der Waals surface area contributed by atoms with E-state index in [0.717, 1.165) is 30.5 Å². The minimum atomic E-state index is -4.36. The Morgan fingerprint density at radius 2 is 1.79 bits per heavy atom. The predicted molar refractivity (Wildman–Crippen MR) is 99.3 cm³/mol. The number of carbonyl (C=O) groups is 2. The first-order valence-corrected chi connectivity index (χ1v) is 10.00. The lowest BCUT2D eigenvalue weighted by Gasteiger charge is -2.38. The van der Waals surface area contributed by atoms with Crippen LogP contribution in [0, 0.1) is 5.92 Å². The smallest absolute Gasteiger partial charge is 0.340 e. The first kappa shape index (κ1) is 20.2. The second-order valence-electron chi connectivity index (χ2n) is 8.10. The standard InChI is InChI=1S/C20H25F3N4O2/c1-12(28)27-9-2-3-17(27)19(29)26-10-8-16-15(11-26)18(25-24-16)13-4-6-14(7-5-13)20(21,22)23/h4-7,15-18,24-25H,2-3,8-11H2,1H3/t15?,16?,17-,18?/m0/s1. The molecule has 0 saturated carbocycles. The Kier molecular flexibility index (Phi) is 5.29. The number of benzene rings is 1. The molecule has 0 bridgehead atoms.